The van der Waals surface area contributed by atoms with Gasteiger partial charge in [0.1, 0.15) is 6.04 Å². The van der Waals surface area contributed by atoms with E-state index in [0.717, 1.165) is 12.8 Å². The van der Waals surface area contributed by atoms with Crippen LogP contribution in [0.4, 0.5) is 0 Å². The normalized spacial score (nSPS) is 16.7. The summed E-state index contributed by atoms with van der Waals surface area (Å²) >= 11 is 5.04. The quantitative estimate of drug-likeness (QED) is 0.548. The van der Waals surface area contributed by atoms with Gasteiger partial charge in [0.15, 0.2) is 0 Å². The lowest BCUT2D eigenvalue weighted by atomic mass is 10.0. The number of hydrogen-bond donors (Lipinski definition) is 1. The van der Waals surface area contributed by atoms with Crippen LogP contribution in [0.1, 0.15) is 33.6 Å². The third kappa shape index (κ3) is 6.71. The van der Waals surface area contributed by atoms with E-state index in [2.05, 4.69) is 4.52 Å². The van der Waals surface area contributed by atoms with Crippen LogP contribution in [0.5, 0.6) is 0 Å². The van der Waals surface area contributed by atoms with E-state index in [1.807, 2.05) is 6.92 Å². The van der Waals surface area contributed by atoms with Gasteiger partial charge in [0, 0.05) is 17.8 Å². The molecule has 2 atom stereocenters. The SMILES string of the molecule is CCCCN(OC)[C@H](C(=O)OP(=O)(O)Cl)C(C)C. The number of hydroxylamine groups is 2. The Hall–Kier alpha value is -0.130. The van der Waals surface area contributed by atoms with Crippen molar-refractivity contribution < 1.29 is 23.6 Å². The molecule has 1 unspecified atom stereocenters. The van der Waals surface area contributed by atoms with E-state index in [0.29, 0.717) is 6.54 Å². The number of nitrogens with zero attached hydrogens (tertiary/aromatic N) is 1. The molecule has 0 aromatic rings. The zero-order valence-corrected chi connectivity index (χ0v) is 12.8. The van der Waals surface area contributed by atoms with Crippen LogP contribution < -0.4 is 0 Å². The number of carbonyl (C=O) groups is 1. The largest absolute Gasteiger partial charge is 0.476 e. The predicted octanol–water partition coefficient (Wildman–Crippen LogP) is 2.56. The summed E-state index contributed by atoms with van der Waals surface area (Å²) in [6.07, 6.45) is 1.77. The van der Waals surface area contributed by atoms with Crippen molar-refractivity contribution in [3.63, 3.8) is 0 Å². The van der Waals surface area contributed by atoms with Crippen LogP contribution >= 0.6 is 18.2 Å². The molecule has 0 aromatic heterocycles. The van der Waals surface area contributed by atoms with Crippen LogP contribution in [0, 0.1) is 5.92 Å². The number of carbonyl (C=O) groups excluding carboxylic acids is 1. The molecule has 6 nitrogen and oxygen atoms in total. The molecule has 18 heavy (non-hydrogen) atoms. The fourth-order valence-corrected chi connectivity index (χ4v) is 2.08. The molecule has 0 radical (unpaired) electrons. The Morgan fingerprint density at radius 3 is 2.39 bits per heavy atom. The summed E-state index contributed by atoms with van der Waals surface area (Å²) in [7, 11) is 1.44. The van der Waals surface area contributed by atoms with Gasteiger partial charge in [-0.1, -0.05) is 27.2 Å². The lowest BCUT2D eigenvalue weighted by molar-refractivity contribution is -0.189. The van der Waals surface area contributed by atoms with E-state index in [1.54, 1.807) is 13.8 Å². The Morgan fingerprint density at radius 2 is 2.06 bits per heavy atom. The topological polar surface area (TPSA) is 76.1 Å². The molecular formula is C10H21ClNO5P. The average molecular weight is 302 g/mol. The van der Waals surface area contributed by atoms with Crippen LogP contribution in [-0.4, -0.2) is 35.6 Å². The minimum absolute atomic E-state index is 0.141. The highest BCUT2D eigenvalue weighted by molar-refractivity contribution is 7.80. The number of hydrogen-bond acceptors (Lipinski definition) is 5. The second kappa shape index (κ2) is 8.12. The molecule has 0 spiro atoms. The van der Waals surface area contributed by atoms with Gasteiger partial charge >= 0.3 is 12.9 Å². The zero-order chi connectivity index (χ0) is 14.3. The minimum atomic E-state index is -4.35. The minimum Gasteiger partial charge on any atom is -0.379 e. The van der Waals surface area contributed by atoms with Gasteiger partial charge in [0.25, 0.3) is 0 Å². The van der Waals surface area contributed by atoms with Crippen LogP contribution in [-0.2, 0) is 18.7 Å². The first-order valence-electron chi connectivity index (χ1n) is 5.79. The van der Waals surface area contributed by atoms with Crippen LogP contribution in [0.3, 0.4) is 0 Å². The zero-order valence-electron chi connectivity index (χ0n) is 11.1. The van der Waals surface area contributed by atoms with E-state index in [9.17, 15) is 9.36 Å². The van der Waals surface area contributed by atoms with Gasteiger partial charge in [-0.25, -0.2) is 9.36 Å². The summed E-state index contributed by atoms with van der Waals surface area (Å²) in [4.78, 5) is 25.8. The summed E-state index contributed by atoms with van der Waals surface area (Å²) < 4.78 is 15.2. The van der Waals surface area contributed by atoms with Crippen LogP contribution in [0.15, 0.2) is 0 Å². The van der Waals surface area contributed by atoms with Crippen LogP contribution in [0.2, 0.25) is 0 Å². The van der Waals surface area contributed by atoms with Crippen molar-refractivity contribution in [3.8, 4) is 0 Å². The van der Waals surface area contributed by atoms with E-state index in [-0.39, 0.29) is 5.92 Å². The van der Waals surface area contributed by atoms with Crippen molar-refractivity contribution in [1.29, 1.82) is 0 Å². The second-order valence-corrected chi connectivity index (χ2v) is 6.59. The third-order valence-electron chi connectivity index (χ3n) is 2.35. The highest BCUT2D eigenvalue weighted by Gasteiger charge is 2.34. The van der Waals surface area contributed by atoms with Gasteiger partial charge in [0.2, 0.25) is 0 Å². The Bertz CT molecular complexity index is 307. The lowest BCUT2D eigenvalue weighted by Crippen LogP contribution is -2.45. The summed E-state index contributed by atoms with van der Waals surface area (Å²) in [5, 5.41) is 1.45. The summed E-state index contributed by atoms with van der Waals surface area (Å²) in [5.41, 5.74) is 0. The molecule has 0 saturated heterocycles. The van der Waals surface area contributed by atoms with Crippen molar-refractivity contribution >= 4 is 24.2 Å². The van der Waals surface area contributed by atoms with E-state index >= 15 is 0 Å². The maximum Gasteiger partial charge on any atom is 0.476 e. The molecule has 0 bridgehead atoms. The molecule has 0 aliphatic carbocycles. The summed E-state index contributed by atoms with van der Waals surface area (Å²) in [6.45, 7) is 1.78. The van der Waals surface area contributed by atoms with Crippen molar-refractivity contribution in [2.75, 3.05) is 13.7 Å². The predicted molar refractivity (Wildman–Crippen MR) is 69.0 cm³/mol. The van der Waals surface area contributed by atoms with E-state index in [4.69, 9.17) is 21.0 Å². The van der Waals surface area contributed by atoms with Gasteiger partial charge in [0.05, 0.1) is 7.11 Å². The molecular weight excluding hydrogens is 281 g/mol. The molecule has 0 saturated carbocycles. The molecule has 1 N–H and O–H groups in total. The van der Waals surface area contributed by atoms with E-state index < -0.39 is 19.0 Å². The standard InChI is InChI=1S/C10H21ClNO5P/c1-5-6-7-12(16-4)9(8(2)3)10(13)17-18(11,14)15/h8-9H,5-7H2,1-4H3,(H,14,15)/t9-/m0/s1. The van der Waals surface area contributed by atoms with Crippen LogP contribution in [0.25, 0.3) is 0 Å². The first kappa shape index (κ1) is 17.9. The maximum absolute atomic E-state index is 11.8. The highest BCUT2D eigenvalue weighted by Crippen LogP contribution is 2.48. The van der Waals surface area contributed by atoms with Gasteiger partial charge in [-0.15, -0.1) is 0 Å². The molecule has 0 rings (SSSR count). The molecule has 0 amide bonds. The Morgan fingerprint density at radius 1 is 1.50 bits per heavy atom. The molecule has 0 aliphatic rings. The molecule has 0 aliphatic heterocycles. The maximum atomic E-state index is 11.8. The van der Waals surface area contributed by atoms with Crippen molar-refractivity contribution in [2.45, 2.75) is 39.7 Å². The lowest BCUT2D eigenvalue weighted by Gasteiger charge is -2.30. The van der Waals surface area contributed by atoms with E-state index in [1.165, 1.54) is 12.2 Å². The fraction of sp³-hybridized carbons (Fsp3) is 0.900. The average Bonchev–Trinajstić information content (AvgIpc) is 2.20. The Kier molecular flexibility index (Phi) is 8.06. The molecule has 0 heterocycles. The number of halogens is 1. The summed E-state index contributed by atoms with van der Waals surface area (Å²) in [5.74, 6) is -0.999. The molecule has 0 aromatic carbocycles. The fourth-order valence-electron chi connectivity index (χ4n) is 1.55. The monoisotopic (exact) mass is 301 g/mol. The van der Waals surface area contributed by atoms with Crippen molar-refractivity contribution in [1.82, 2.24) is 5.06 Å². The molecule has 0 fully saturated rings. The van der Waals surface area contributed by atoms with Gasteiger partial charge in [-0.05, 0) is 12.3 Å². The first-order chi connectivity index (χ1) is 8.22. The molecule has 108 valence electrons. The third-order valence-corrected chi connectivity index (χ3v) is 2.96. The van der Waals surface area contributed by atoms with Crippen molar-refractivity contribution in [2.24, 2.45) is 5.92 Å². The van der Waals surface area contributed by atoms with Gasteiger partial charge in [-0.2, -0.15) is 5.06 Å². The van der Waals surface area contributed by atoms with Gasteiger partial charge < -0.3 is 14.3 Å². The summed E-state index contributed by atoms with van der Waals surface area (Å²) in [6, 6.07) is -0.763. The Labute approximate surface area is 112 Å². The van der Waals surface area contributed by atoms with Crippen molar-refractivity contribution in [3.05, 3.63) is 0 Å². The number of rotatable bonds is 8. The van der Waals surface area contributed by atoms with Gasteiger partial charge in [-0.3, -0.25) is 0 Å². The first-order valence-corrected chi connectivity index (χ1v) is 8.27. The smallest absolute Gasteiger partial charge is 0.379 e. The number of unbranched alkanes of at least 4 members (excludes halogenated alkanes) is 1. The Balaban J connectivity index is 4.81. The molecule has 8 heteroatoms. The second-order valence-electron chi connectivity index (χ2n) is 4.23. The highest BCUT2D eigenvalue weighted by atomic mass is 35.7.